The van der Waals surface area contributed by atoms with E-state index >= 15 is 0 Å². The number of aromatic nitrogens is 1. The zero-order valence-electron chi connectivity index (χ0n) is 8.62. The van der Waals surface area contributed by atoms with Gasteiger partial charge >= 0.3 is 12.3 Å². The number of pyridine rings is 1. The number of halogens is 3. The van der Waals surface area contributed by atoms with E-state index in [-0.39, 0.29) is 5.11 Å². The highest BCUT2D eigenvalue weighted by Crippen LogP contribution is 2.35. The number of hydrogen-bond donors (Lipinski definition) is 3. The Kier molecular flexibility index (Phi) is 3.91. The molecule has 0 bridgehead atoms. The quantitative estimate of drug-likeness (QED) is 0.704. The van der Waals surface area contributed by atoms with Gasteiger partial charge in [-0.25, -0.2) is 9.78 Å². The van der Waals surface area contributed by atoms with E-state index in [4.69, 9.17) is 5.73 Å². The van der Waals surface area contributed by atoms with Crippen molar-refractivity contribution in [2.24, 2.45) is 11.5 Å². The Bertz CT molecular complexity index is 492. The Labute approximate surface area is 104 Å². The van der Waals surface area contributed by atoms with Gasteiger partial charge in [0.2, 0.25) is 0 Å². The fourth-order valence-electron chi connectivity index (χ4n) is 1.05. The minimum Gasteiger partial charge on any atom is -0.409 e. The number of carbonyl (C=O) groups is 1. The molecule has 0 spiro atoms. The second-order valence-corrected chi connectivity index (χ2v) is 3.42. The van der Waals surface area contributed by atoms with E-state index < -0.39 is 29.4 Å². The molecule has 98 valence electrons. The Morgan fingerprint density at radius 1 is 1.44 bits per heavy atom. The zero-order valence-corrected chi connectivity index (χ0v) is 9.43. The second kappa shape index (κ2) is 5.04. The molecule has 0 radical (unpaired) electrons. The fourth-order valence-corrected chi connectivity index (χ4v) is 1.15. The van der Waals surface area contributed by atoms with Gasteiger partial charge in [0, 0.05) is 0 Å². The molecule has 1 amide bonds. The summed E-state index contributed by atoms with van der Waals surface area (Å²) in [6.07, 6.45) is -5.10. The summed E-state index contributed by atoms with van der Waals surface area (Å²) in [7, 11) is 0. The van der Waals surface area contributed by atoms with Gasteiger partial charge in [-0.05, 0) is 18.3 Å². The number of alkyl halides is 3. The van der Waals surface area contributed by atoms with Crippen LogP contribution in [0.3, 0.4) is 0 Å². The molecule has 0 aliphatic carbocycles. The van der Waals surface area contributed by atoms with Gasteiger partial charge in [0.25, 0.3) is 0 Å². The topological polar surface area (TPSA) is 103 Å². The summed E-state index contributed by atoms with van der Waals surface area (Å²) in [5.74, 6) is -1.03. The summed E-state index contributed by atoms with van der Waals surface area (Å²) in [5.41, 5.74) is 8.55. The van der Waals surface area contributed by atoms with Gasteiger partial charge in [-0.15, -0.1) is 0 Å². The first-order chi connectivity index (χ1) is 8.20. The van der Waals surface area contributed by atoms with Crippen LogP contribution < -0.4 is 21.5 Å². The van der Waals surface area contributed by atoms with Gasteiger partial charge in [-0.1, -0.05) is 0 Å². The van der Waals surface area contributed by atoms with Crippen LogP contribution in [-0.2, 0) is 6.18 Å². The van der Waals surface area contributed by atoms with Crippen molar-refractivity contribution in [3.8, 4) is 5.75 Å². The maximum absolute atomic E-state index is 12.7. The highest BCUT2D eigenvalue weighted by Gasteiger charge is 2.35. The number of hydrogen-bond acceptors (Lipinski definition) is 4. The number of ether oxygens (including phenoxy) is 1. The molecule has 0 saturated heterocycles. The molecule has 0 aliphatic heterocycles. The van der Waals surface area contributed by atoms with E-state index in [9.17, 15) is 18.0 Å². The minimum absolute atomic E-state index is 0.378. The Morgan fingerprint density at radius 2 is 2.06 bits per heavy atom. The first kappa shape index (κ1) is 14.0. The number of anilines is 1. The smallest absolute Gasteiger partial charge is 0.409 e. The fraction of sp³-hybridized carbons (Fsp3) is 0.125. The number of nitrogens with one attached hydrogen (secondary N) is 1. The number of carbonyl (C=O) groups excluding carboxylic acids is 1. The SMILES string of the molecule is NC(=O)Oc1cnc(NC(N)=S)c(C(F)(F)F)c1. The van der Waals surface area contributed by atoms with E-state index in [2.05, 4.69) is 33.0 Å². The molecule has 0 fully saturated rings. The summed E-state index contributed by atoms with van der Waals surface area (Å²) in [6, 6.07) is 0.554. The lowest BCUT2D eigenvalue weighted by Crippen LogP contribution is -2.23. The lowest BCUT2D eigenvalue weighted by atomic mass is 10.2. The number of nitrogens with zero attached hydrogens (tertiary/aromatic N) is 1. The van der Waals surface area contributed by atoms with Gasteiger partial charge in [0.05, 0.1) is 6.20 Å². The molecule has 10 heteroatoms. The van der Waals surface area contributed by atoms with Crippen molar-refractivity contribution in [2.75, 3.05) is 5.32 Å². The number of thiocarbonyl (C=S) groups is 1. The van der Waals surface area contributed by atoms with Crippen LogP contribution in [0.1, 0.15) is 5.56 Å². The van der Waals surface area contributed by atoms with Gasteiger partial charge in [0.15, 0.2) is 10.9 Å². The van der Waals surface area contributed by atoms with Crippen molar-refractivity contribution in [1.82, 2.24) is 4.98 Å². The largest absolute Gasteiger partial charge is 0.420 e. The molecule has 1 aromatic heterocycles. The summed E-state index contributed by atoms with van der Waals surface area (Å²) in [4.78, 5) is 13.8. The maximum atomic E-state index is 12.7. The molecule has 0 aromatic carbocycles. The van der Waals surface area contributed by atoms with Crippen LogP contribution in [-0.4, -0.2) is 16.2 Å². The van der Waals surface area contributed by atoms with Crippen molar-refractivity contribution in [3.63, 3.8) is 0 Å². The zero-order chi connectivity index (χ0) is 13.9. The van der Waals surface area contributed by atoms with Crippen LogP contribution in [0.15, 0.2) is 12.3 Å². The average molecular weight is 280 g/mol. The molecule has 0 aliphatic rings. The normalized spacial score (nSPS) is 10.8. The van der Waals surface area contributed by atoms with Crippen LogP contribution in [0.25, 0.3) is 0 Å². The monoisotopic (exact) mass is 280 g/mol. The molecule has 18 heavy (non-hydrogen) atoms. The van der Waals surface area contributed by atoms with Crippen molar-refractivity contribution >= 4 is 29.2 Å². The van der Waals surface area contributed by atoms with Gasteiger partial charge in [0.1, 0.15) is 11.4 Å². The molecule has 1 rings (SSSR count). The maximum Gasteiger partial charge on any atom is 0.420 e. The summed E-state index contributed by atoms with van der Waals surface area (Å²) in [6.45, 7) is 0. The second-order valence-electron chi connectivity index (χ2n) is 2.98. The van der Waals surface area contributed by atoms with Crippen LogP contribution in [0.2, 0.25) is 0 Å². The predicted octanol–water partition coefficient (Wildman–Crippen LogP) is 1.21. The van der Waals surface area contributed by atoms with E-state index in [0.29, 0.717) is 6.07 Å². The number of primary amides is 1. The third-order valence-corrected chi connectivity index (χ3v) is 1.73. The van der Waals surface area contributed by atoms with Gasteiger partial charge in [-0.3, -0.25) is 0 Å². The van der Waals surface area contributed by atoms with Crippen molar-refractivity contribution in [2.45, 2.75) is 6.18 Å². The molecular weight excluding hydrogens is 273 g/mol. The third-order valence-electron chi connectivity index (χ3n) is 1.63. The van der Waals surface area contributed by atoms with Crippen molar-refractivity contribution in [3.05, 3.63) is 17.8 Å². The molecule has 0 atom stereocenters. The van der Waals surface area contributed by atoms with Crippen LogP contribution >= 0.6 is 12.2 Å². The average Bonchev–Trinajstić information content (AvgIpc) is 2.17. The Hall–Kier alpha value is -2.10. The van der Waals surface area contributed by atoms with Gasteiger partial charge in [-0.2, -0.15) is 13.2 Å². The van der Waals surface area contributed by atoms with Crippen LogP contribution in [0.5, 0.6) is 5.75 Å². The van der Waals surface area contributed by atoms with Crippen molar-refractivity contribution < 1.29 is 22.7 Å². The number of amides is 1. The predicted molar refractivity (Wildman–Crippen MR) is 59.9 cm³/mol. The van der Waals surface area contributed by atoms with E-state index in [1.165, 1.54) is 0 Å². The molecule has 1 aromatic rings. The van der Waals surface area contributed by atoms with E-state index in [1.54, 1.807) is 0 Å². The lowest BCUT2D eigenvalue weighted by molar-refractivity contribution is -0.137. The highest BCUT2D eigenvalue weighted by atomic mass is 32.1. The Morgan fingerprint density at radius 3 is 2.50 bits per heavy atom. The summed E-state index contributed by atoms with van der Waals surface area (Å²) >= 11 is 4.42. The summed E-state index contributed by atoms with van der Waals surface area (Å²) in [5, 5.41) is 1.69. The lowest BCUT2D eigenvalue weighted by Gasteiger charge is -2.13. The summed E-state index contributed by atoms with van der Waals surface area (Å²) < 4.78 is 42.3. The van der Waals surface area contributed by atoms with Crippen molar-refractivity contribution in [1.29, 1.82) is 0 Å². The van der Waals surface area contributed by atoms with E-state index in [1.807, 2.05) is 0 Å². The molecule has 0 saturated carbocycles. The third kappa shape index (κ3) is 3.73. The molecule has 5 N–H and O–H groups in total. The first-order valence-electron chi connectivity index (χ1n) is 4.31. The number of nitrogens with two attached hydrogens (primary N) is 2. The molecule has 1 heterocycles. The van der Waals surface area contributed by atoms with Crippen LogP contribution in [0.4, 0.5) is 23.8 Å². The van der Waals surface area contributed by atoms with Crippen LogP contribution in [0, 0.1) is 0 Å². The minimum atomic E-state index is -4.73. The standard InChI is InChI=1S/C8H7F3N4O2S/c9-8(10,11)4-1-3(17-7(13)16)2-14-5(4)15-6(12)18/h1-2H,(H2,13,16)(H3,12,14,15,18). The molecular formula is C8H7F3N4O2S. The Balaban J connectivity index is 3.20. The molecule has 0 unspecified atom stereocenters. The van der Waals surface area contributed by atoms with Gasteiger partial charge < -0.3 is 21.5 Å². The van der Waals surface area contributed by atoms with E-state index in [0.717, 1.165) is 6.20 Å². The highest BCUT2D eigenvalue weighted by molar-refractivity contribution is 7.80. The first-order valence-corrected chi connectivity index (χ1v) is 4.72. The molecule has 6 nitrogen and oxygen atoms in total. The number of rotatable bonds is 2.